The summed E-state index contributed by atoms with van der Waals surface area (Å²) in [6.07, 6.45) is 1.26. The van der Waals surface area contributed by atoms with E-state index in [0.29, 0.717) is 0 Å². The minimum Gasteiger partial charge on any atom is -0.379 e. The Balaban J connectivity index is 1.58. The first-order valence-corrected chi connectivity index (χ1v) is 8.53. The van der Waals surface area contributed by atoms with Crippen molar-refractivity contribution in [3.63, 3.8) is 0 Å². The van der Waals surface area contributed by atoms with E-state index in [1.807, 2.05) is 0 Å². The first-order valence-electron chi connectivity index (χ1n) is 7.74. The van der Waals surface area contributed by atoms with Crippen LogP contribution in [0.1, 0.15) is 17.2 Å². The van der Waals surface area contributed by atoms with Crippen LogP contribution in [0.5, 0.6) is 0 Å². The second kappa shape index (κ2) is 7.70. The minimum atomic E-state index is 0.184. The molecule has 0 spiro atoms. The summed E-state index contributed by atoms with van der Waals surface area (Å²) in [6, 6.07) is 6.65. The third kappa shape index (κ3) is 4.27. The standard InChI is InChI=1S/C16H23BrN2O2/c17-15-11-14(16-12-18-4-8-21-16)2-1-13(15)3-5-19-6-9-20-10-7-19/h1-2,11,16,18H,3-10,12H2. The molecule has 2 saturated heterocycles. The number of morpholine rings is 2. The number of nitrogens with zero attached hydrogens (tertiary/aromatic N) is 1. The maximum atomic E-state index is 5.81. The van der Waals surface area contributed by atoms with Gasteiger partial charge in [-0.15, -0.1) is 0 Å². The highest BCUT2D eigenvalue weighted by atomic mass is 79.9. The van der Waals surface area contributed by atoms with Crippen molar-refractivity contribution in [3.05, 3.63) is 33.8 Å². The predicted octanol–water partition coefficient (Wildman–Crippen LogP) is 1.98. The molecule has 0 radical (unpaired) electrons. The number of hydrogen-bond acceptors (Lipinski definition) is 4. The third-order valence-electron chi connectivity index (χ3n) is 4.18. The normalized spacial score (nSPS) is 24.1. The highest BCUT2D eigenvalue weighted by Gasteiger charge is 2.17. The number of ether oxygens (including phenoxy) is 2. The van der Waals surface area contributed by atoms with E-state index >= 15 is 0 Å². The Kier molecular flexibility index (Phi) is 5.66. The van der Waals surface area contributed by atoms with Crippen molar-refractivity contribution in [2.24, 2.45) is 0 Å². The highest BCUT2D eigenvalue weighted by Crippen LogP contribution is 2.25. The zero-order valence-electron chi connectivity index (χ0n) is 12.3. The number of halogens is 1. The molecule has 5 heteroatoms. The summed E-state index contributed by atoms with van der Waals surface area (Å²) in [5, 5.41) is 3.38. The van der Waals surface area contributed by atoms with Crippen molar-refractivity contribution in [1.82, 2.24) is 10.2 Å². The van der Waals surface area contributed by atoms with Crippen molar-refractivity contribution < 1.29 is 9.47 Å². The molecule has 0 saturated carbocycles. The summed E-state index contributed by atoms with van der Waals surface area (Å²) < 4.78 is 12.4. The van der Waals surface area contributed by atoms with Gasteiger partial charge in [0.25, 0.3) is 0 Å². The fourth-order valence-corrected chi connectivity index (χ4v) is 3.44. The van der Waals surface area contributed by atoms with Gasteiger partial charge in [-0.2, -0.15) is 0 Å². The van der Waals surface area contributed by atoms with Crippen molar-refractivity contribution in [2.45, 2.75) is 12.5 Å². The average molecular weight is 355 g/mol. The molecule has 2 aliphatic rings. The summed E-state index contributed by atoms with van der Waals surface area (Å²) in [7, 11) is 0. The van der Waals surface area contributed by atoms with Gasteiger partial charge < -0.3 is 14.8 Å². The van der Waals surface area contributed by atoms with Gasteiger partial charge in [-0.25, -0.2) is 0 Å². The first kappa shape index (κ1) is 15.4. The molecule has 3 rings (SSSR count). The third-order valence-corrected chi connectivity index (χ3v) is 4.92. The van der Waals surface area contributed by atoms with Crippen LogP contribution >= 0.6 is 15.9 Å². The average Bonchev–Trinajstić information content (AvgIpc) is 2.55. The van der Waals surface area contributed by atoms with Crippen LogP contribution in [0.15, 0.2) is 22.7 Å². The fraction of sp³-hybridized carbons (Fsp3) is 0.625. The van der Waals surface area contributed by atoms with Crippen molar-refractivity contribution in [2.75, 3.05) is 52.5 Å². The van der Waals surface area contributed by atoms with Gasteiger partial charge in [0.2, 0.25) is 0 Å². The Bertz CT molecular complexity index is 458. The van der Waals surface area contributed by atoms with Gasteiger partial charge in [-0.3, -0.25) is 4.90 Å². The fourth-order valence-electron chi connectivity index (χ4n) is 2.85. The van der Waals surface area contributed by atoms with E-state index in [9.17, 15) is 0 Å². The maximum absolute atomic E-state index is 5.81. The van der Waals surface area contributed by atoms with E-state index in [-0.39, 0.29) is 6.10 Å². The summed E-state index contributed by atoms with van der Waals surface area (Å²) in [4.78, 5) is 2.47. The Morgan fingerprint density at radius 1 is 1.24 bits per heavy atom. The topological polar surface area (TPSA) is 33.7 Å². The van der Waals surface area contributed by atoms with E-state index in [2.05, 4.69) is 44.3 Å². The van der Waals surface area contributed by atoms with Crippen molar-refractivity contribution >= 4 is 15.9 Å². The van der Waals surface area contributed by atoms with Crippen LogP contribution in [-0.2, 0) is 15.9 Å². The van der Waals surface area contributed by atoms with Crippen LogP contribution in [0, 0.1) is 0 Å². The van der Waals surface area contributed by atoms with Gasteiger partial charge in [-0.1, -0.05) is 28.1 Å². The van der Waals surface area contributed by atoms with Gasteiger partial charge >= 0.3 is 0 Å². The van der Waals surface area contributed by atoms with E-state index in [4.69, 9.17) is 9.47 Å². The van der Waals surface area contributed by atoms with Crippen LogP contribution in [-0.4, -0.2) is 57.4 Å². The number of rotatable bonds is 4. The van der Waals surface area contributed by atoms with E-state index in [1.54, 1.807) is 0 Å². The van der Waals surface area contributed by atoms with Crippen molar-refractivity contribution in [1.29, 1.82) is 0 Å². The van der Waals surface area contributed by atoms with Gasteiger partial charge in [-0.05, 0) is 23.6 Å². The zero-order valence-corrected chi connectivity index (χ0v) is 13.9. The molecule has 0 amide bonds. The molecule has 0 aromatic heterocycles. The smallest absolute Gasteiger partial charge is 0.0950 e. The number of hydrogen-bond donors (Lipinski definition) is 1. The molecule has 4 nitrogen and oxygen atoms in total. The van der Waals surface area contributed by atoms with Crippen LogP contribution in [0.25, 0.3) is 0 Å². The van der Waals surface area contributed by atoms with E-state index in [0.717, 1.165) is 59.0 Å². The SMILES string of the molecule is Brc1cc(C2CNCCO2)ccc1CCN1CCOCC1. The molecule has 2 aliphatic heterocycles. The van der Waals surface area contributed by atoms with Crippen LogP contribution in [0.2, 0.25) is 0 Å². The molecule has 2 heterocycles. The molecule has 1 unspecified atom stereocenters. The molecular weight excluding hydrogens is 332 g/mol. The predicted molar refractivity (Wildman–Crippen MR) is 86.7 cm³/mol. The van der Waals surface area contributed by atoms with Gasteiger partial charge in [0, 0.05) is 37.2 Å². The van der Waals surface area contributed by atoms with Crippen molar-refractivity contribution in [3.8, 4) is 0 Å². The molecule has 0 bridgehead atoms. The van der Waals surface area contributed by atoms with Gasteiger partial charge in [0.05, 0.1) is 25.9 Å². The molecule has 1 aromatic carbocycles. The highest BCUT2D eigenvalue weighted by molar-refractivity contribution is 9.10. The lowest BCUT2D eigenvalue weighted by atomic mass is 10.0. The van der Waals surface area contributed by atoms with Gasteiger partial charge in [0.1, 0.15) is 0 Å². The second-order valence-corrected chi connectivity index (χ2v) is 6.47. The molecule has 1 aromatic rings. The maximum Gasteiger partial charge on any atom is 0.0950 e. The van der Waals surface area contributed by atoms with Gasteiger partial charge in [0.15, 0.2) is 0 Å². The molecule has 21 heavy (non-hydrogen) atoms. The molecule has 1 atom stereocenters. The lowest BCUT2D eigenvalue weighted by Gasteiger charge is -2.27. The van der Waals surface area contributed by atoms with E-state index < -0.39 is 0 Å². The second-order valence-electron chi connectivity index (χ2n) is 5.62. The summed E-state index contributed by atoms with van der Waals surface area (Å²) in [5.41, 5.74) is 2.62. The van der Waals surface area contributed by atoms with Crippen LogP contribution < -0.4 is 5.32 Å². The lowest BCUT2D eigenvalue weighted by molar-refractivity contribution is 0.0276. The Morgan fingerprint density at radius 2 is 2.10 bits per heavy atom. The summed E-state index contributed by atoms with van der Waals surface area (Å²) >= 11 is 3.72. The lowest BCUT2D eigenvalue weighted by Crippen LogP contribution is -2.37. The number of nitrogens with one attached hydrogen (secondary N) is 1. The monoisotopic (exact) mass is 354 g/mol. The molecular formula is C16H23BrN2O2. The van der Waals surface area contributed by atoms with Crippen LogP contribution in [0.4, 0.5) is 0 Å². The quantitative estimate of drug-likeness (QED) is 0.896. The summed E-state index contributed by atoms with van der Waals surface area (Å²) in [6.45, 7) is 7.59. The molecule has 0 aliphatic carbocycles. The Hall–Kier alpha value is -0.460. The minimum absolute atomic E-state index is 0.184. The first-order chi connectivity index (χ1) is 10.3. The zero-order chi connectivity index (χ0) is 14.5. The molecule has 1 N–H and O–H groups in total. The van der Waals surface area contributed by atoms with Crippen LogP contribution in [0.3, 0.4) is 0 Å². The number of benzene rings is 1. The summed E-state index contributed by atoms with van der Waals surface area (Å²) in [5.74, 6) is 0. The van der Waals surface area contributed by atoms with E-state index in [1.165, 1.54) is 15.6 Å². The largest absolute Gasteiger partial charge is 0.379 e. The molecule has 116 valence electrons. The Morgan fingerprint density at radius 3 is 2.81 bits per heavy atom. The molecule has 2 fully saturated rings. The Labute approximate surface area is 134 Å².